The van der Waals surface area contributed by atoms with E-state index in [0.29, 0.717) is 24.8 Å². The van der Waals surface area contributed by atoms with Gasteiger partial charge in [0.15, 0.2) is 0 Å². The molecule has 2 aromatic rings. The number of ether oxygens (including phenoxy) is 2. The van der Waals surface area contributed by atoms with E-state index < -0.39 is 0 Å². The molecule has 2 aromatic carbocycles. The second kappa shape index (κ2) is 7.91. The van der Waals surface area contributed by atoms with Crippen LogP contribution in [0.2, 0.25) is 5.02 Å². The predicted octanol–water partition coefficient (Wildman–Crippen LogP) is 3.96. The molecule has 0 aliphatic carbocycles. The fourth-order valence-corrected chi connectivity index (χ4v) is 2.13. The minimum absolute atomic E-state index is 0.478. The first-order valence-electron chi connectivity index (χ1n) is 7.00. The van der Waals surface area contributed by atoms with Crippen molar-refractivity contribution in [2.45, 2.75) is 19.9 Å². The van der Waals surface area contributed by atoms with Gasteiger partial charge in [-0.05, 0) is 30.7 Å². The van der Waals surface area contributed by atoms with Gasteiger partial charge in [0, 0.05) is 18.5 Å². The van der Waals surface area contributed by atoms with E-state index in [1.54, 1.807) is 0 Å². The van der Waals surface area contributed by atoms with Crippen molar-refractivity contribution in [2.24, 2.45) is 5.73 Å². The minimum Gasteiger partial charge on any atom is -0.493 e. The van der Waals surface area contributed by atoms with Crippen molar-refractivity contribution >= 4 is 11.6 Å². The maximum atomic E-state index is 6.07. The summed E-state index contributed by atoms with van der Waals surface area (Å²) in [7, 11) is 0. The SMILES string of the molecule is Cc1ccc(Cl)c(OCCCOc2ccccc2CN)c1. The summed E-state index contributed by atoms with van der Waals surface area (Å²) < 4.78 is 11.4. The highest BCUT2D eigenvalue weighted by Gasteiger charge is 2.03. The summed E-state index contributed by atoms with van der Waals surface area (Å²) in [5, 5.41) is 0.634. The Bertz CT molecular complexity index is 587. The van der Waals surface area contributed by atoms with Crippen molar-refractivity contribution < 1.29 is 9.47 Å². The lowest BCUT2D eigenvalue weighted by molar-refractivity contribution is 0.246. The van der Waals surface area contributed by atoms with Gasteiger partial charge in [0.25, 0.3) is 0 Å². The first-order chi connectivity index (χ1) is 10.2. The Morgan fingerprint density at radius 1 is 1.00 bits per heavy atom. The number of aryl methyl sites for hydroxylation is 1. The van der Waals surface area contributed by atoms with Crippen molar-refractivity contribution in [3.8, 4) is 11.5 Å². The molecule has 3 nitrogen and oxygen atoms in total. The lowest BCUT2D eigenvalue weighted by Crippen LogP contribution is -2.07. The zero-order valence-corrected chi connectivity index (χ0v) is 12.9. The fraction of sp³-hybridized carbons (Fsp3) is 0.294. The van der Waals surface area contributed by atoms with Gasteiger partial charge in [-0.2, -0.15) is 0 Å². The largest absolute Gasteiger partial charge is 0.493 e. The Morgan fingerprint density at radius 3 is 2.48 bits per heavy atom. The van der Waals surface area contributed by atoms with Crippen LogP contribution in [-0.2, 0) is 6.54 Å². The van der Waals surface area contributed by atoms with Crippen LogP contribution in [0.1, 0.15) is 17.5 Å². The molecule has 0 saturated heterocycles. The molecule has 0 aromatic heterocycles. The van der Waals surface area contributed by atoms with Crippen molar-refractivity contribution in [1.29, 1.82) is 0 Å². The van der Waals surface area contributed by atoms with E-state index in [1.165, 1.54) is 0 Å². The van der Waals surface area contributed by atoms with E-state index in [4.69, 9.17) is 26.8 Å². The van der Waals surface area contributed by atoms with Gasteiger partial charge in [0.2, 0.25) is 0 Å². The molecule has 0 atom stereocenters. The number of hydrogen-bond donors (Lipinski definition) is 1. The Hall–Kier alpha value is -1.71. The molecule has 0 bridgehead atoms. The van der Waals surface area contributed by atoms with Gasteiger partial charge in [-0.3, -0.25) is 0 Å². The average Bonchev–Trinajstić information content (AvgIpc) is 2.50. The third-order valence-corrected chi connectivity index (χ3v) is 3.40. The smallest absolute Gasteiger partial charge is 0.138 e. The van der Waals surface area contributed by atoms with E-state index in [1.807, 2.05) is 49.4 Å². The maximum absolute atomic E-state index is 6.07. The summed E-state index contributed by atoms with van der Waals surface area (Å²) in [5.74, 6) is 1.56. The van der Waals surface area contributed by atoms with Gasteiger partial charge in [0.1, 0.15) is 11.5 Å². The second-order valence-electron chi connectivity index (χ2n) is 4.80. The van der Waals surface area contributed by atoms with Crippen LogP contribution in [0.25, 0.3) is 0 Å². The summed E-state index contributed by atoms with van der Waals surface area (Å²) in [4.78, 5) is 0. The van der Waals surface area contributed by atoms with E-state index in [-0.39, 0.29) is 0 Å². The Morgan fingerprint density at radius 2 is 1.71 bits per heavy atom. The normalized spacial score (nSPS) is 10.4. The fourth-order valence-electron chi connectivity index (χ4n) is 1.96. The van der Waals surface area contributed by atoms with Crippen LogP contribution in [0.5, 0.6) is 11.5 Å². The number of hydrogen-bond acceptors (Lipinski definition) is 3. The Balaban J connectivity index is 1.76. The Kier molecular flexibility index (Phi) is 5.90. The molecular formula is C17H20ClNO2. The highest BCUT2D eigenvalue weighted by molar-refractivity contribution is 6.32. The van der Waals surface area contributed by atoms with Crippen LogP contribution in [0, 0.1) is 6.92 Å². The second-order valence-corrected chi connectivity index (χ2v) is 5.20. The summed E-state index contributed by atoms with van der Waals surface area (Å²) in [5.41, 5.74) is 7.81. The van der Waals surface area contributed by atoms with Gasteiger partial charge in [-0.1, -0.05) is 35.9 Å². The van der Waals surface area contributed by atoms with E-state index in [9.17, 15) is 0 Å². The lowest BCUT2D eigenvalue weighted by atomic mass is 10.2. The van der Waals surface area contributed by atoms with Crippen molar-refractivity contribution in [2.75, 3.05) is 13.2 Å². The quantitative estimate of drug-likeness (QED) is 0.788. The van der Waals surface area contributed by atoms with Crippen LogP contribution < -0.4 is 15.2 Å². The molecule has 2 rings (SSSR count). The highest BCUT2D eigenvalue weighted by Crippen LogP contribution is 2.25. The third-order valence-electron chi connectivity index (χ3n) is 3.08. The molecule has 0 fully saturated rings. The van der Waals surface area contributed by atoms with Crippen LogP contribution in [0.3, 0.4) is 0 Å². The molecule has 0 heterocycles. The zero-order valence-electron chi connectivity index (χ0n) is 12.1. The van der Waals surface area contributed by atoms with Crippen molar-refractivity contribution in [3.63, 3.8) is 0 Å². The first-order valence-corrected chi connectivity index (χ1v) is 7.38. The molecule has 0 spiro atoms. The van der Waals surface area contributed by atoms with Crippen LogP contribution >= 0.6 is 11.6 Å². The summed E-state index contributed by atoms with van der Waals surface area (Å²) in [6.07, 6.45) is 0.781. The molecule has 0 unspecified atom stereocenters. The monoisotopic (exact) mass is 305 g/mol. The van der Waals surface area contributed by atoms with Crippen molar-refractivity contribution in [3.05, 3.63) is 58.6 Å². The molecule has 0 amide bonds. The standard InChI is InChI=1S/C17H20ClNO2/c1-13-7-8-15(18)17(11-13)21-10-4-9-20-16-6-3-2-5-14(16)12-19/h2-3,5-8,11H,4,9-10,12,19H2,1H3. The molecule has 4 heteroatoms. The van der Waals surface area contributed by atoms with E-state index in [2.05, 4.69) is 0 Å². The van der Waals surface area contributed by atoms with Crippen molar-refractivity contribution in [1.82, 2.24) is 0 Å². The van der Waals surface area contributed by atoms with Gasteiger partial charge >= 0.3 is 0 Å². The predicted molar refractivity (Wildman–Crippen MR) is 86.1 cm³/mol. The minimum atomic E-state index is 0.478. The molecular weight excluding hydrogens is 286 g/mol. The topological polar surface area (TPSA) is 44.5 Å². The number of halogens is 1. The molecule has 0 aliphatic heterocycles. The van der Waals surface area contributed by atoms with Gasteiger partial charge in [-0.15, -0.1) is 0 Å². The maximum Gasteiger partial charge on any atom is 0.138 e. The number of rotatable bonds is 7. The zero-order chi connectivity index (χ0) is 15.1. The van der Waals surface area contributed by atoms with E-state index in [0.717, 1.165) is 29.0 Å². The molecule has 2 N–H and O–H groups in total. The number of benzene rings is 2. The Labute approximate surface area is 130 Å². The first kappa shape index (κ1) is 15.7. The summed E-state index contributed by atoms with van der Waals surface area (Å²) in [6.45, 7) is 3.63. The third kappa shape index (κ3) is 4.66. The summed E-state index contributed by atoms with van der Waals surface area (Å²) >= 11 is 6.07. The number of nitrogens with two attached hydrogens (primary N) is 1. The van der Waals surface area contributed by atoms with Crippen LogP contribution in [-0.4, -0.2) is 13.2 Å². The molecule has 112 valence electrons. The molecule has 21 heavy (non-hydrogen) atoms. The van der Waals surface area contributed by atoms with E-state index >= 15 is 0 Å². The summed E-state index contributed by atoms with van der Waals surface area (Å²) in [6, 6.07) is 13.5. The molecule has 0 radical (unpaired) electrons. The van der Waals surface area contributed by atoms with Crippen LogP contribution in [0.15, 0.2) is 42.5 Å². The lowest BCUT2D eigenvalue weighted by Gasteiger charge is -2.11. The van der Waals surface area contributed by atoms with Gasteiger partial charge < -0.3 is 15.2 Å². The average molecular weight is 306 g/mol. The van der Waals surface area contributed by atoms with Gasteiger partial charge in [-0.25, -0.2) is 0 Å². The number of para-hydroxylation sites is 1. The van der Waals surface area contributed by atoms with Gasteiger partial charge in [0.05, 0.1) is 18.2 Å². The molecule has 0 aliphatic rings. The highest BCUT2D eigenvalue weighted by atomic mass is 35.5. The van der Waals surface area contributed by atoms with Crippen LogP contribution in [0.4, 0.5) is 0 Å². The molecule has 0 saturated carbocycles.